The maximum Gasteiger partial charge on any atom is 0.240 e. The van der Waals surface area contributed by atoms with E-state index in [2.05, 4.69) is 10.1 Å². The average molecular weight is 359 g/mol. The molecule has 4 rings (SSSR count). The van der Waals surface area contributed by atoms with Gasteiger partial charge in [-0.2, -0.15) is 0 Å². The first-order chi connectivity index (χ1) is 12.9. The minimum absolute atomic E-state index is 0.476. The average Bonchev–Trinajstić information content (AvgIpc) is 3.36. The van der Waals surface area contributed by atoms with Gasteiger partial charge in [0.05, 0.1) is 22.5 Å². The van der Waals surface area contributed by atoms with Crippen LogP contribution in [0.3, 0.4) is 0 Å². The van der Waals surface area contributed by atoms with E-state index in [0.29, 0.717) is 12.5 Å². The van der Waals surface area contributed by atoms with Crippen molar-refractivity contribution in [2.75, 3.05) is 0 Å². The van der Waals surface area contributed by atoms with Gasteiger partial charge in [-0.3, -0.25) is 0 Å². The molecule has 2 heterocycles. The van der Waals surface area contributed by atoms with Crippen LogP contribution in [-0.2, 0) is 6.61 Å². The van der Waals surface area contributed by atoms with E-state index in [4.69, 9.17) is 4.74 Å². The smallest absolute Gasteiger partial charge is 0.240 e. The Morgan fingerprint density at radius 1 is 0.962 bits per heavy atom. The van der Waals surface area contributed by atoms with Crippen molar-refractivity contribution in [1.82, 2.24) is 14.8 Å². The summed E-state index contributed by atoms with van der Waals surface area (Å²) in [5.41, 5.74) is 5.76. The summed E-state index contributed by atoms with van der Waals surface area (Å²) in [6, 6.07) is 20.1. The van der Waals surface area contributed by atoms with E-state index in [-0.39, 0.29) is 0 Å². The summed E-state index contributed by atoms with van der Waals surface area (Å²) in [5.74, 6) is 0.601. The second-order valence-electron chi connectivity index (χ2n) is 5.69. The molecule has 0 N–H and O–H groups in total. The molecule has 0 amide bonds. The zero-order valence-electron chi connectivity index (χ0n) is 14.0. The van der Waals surface area contributed by atoms with E-state index in [0.717, 1.165) is 22.5 Å². The Balaban J connectivity index is 1.62. The Bertz CT molecular complexity index is 977. The fourth-order valence-electron chi connectivity index (χ4n) is 2.52. The van der Waals surface area contributed by atoms with Gasteiger partial charge in [0.15, 0.2) is 0 Å². The number of para-hydroxylation sites is 1. The fraction of sp³-hybridized carbons (Fsp3) is 0.0476. The van der Waals surface area contributed by atoms with Crippen LogP contribution in [0.25, 0.3) is 17.8 Å². The molecular formula is C21H17N3OS. The Labute approximate surface area is 156 Å². The molecule has 0 bridgehead atoms. The van der Waals surface area contributed by atoms with E-state index in [1.165, 1.54) is 0 Å². The number of aromatic nitrogens is 3. The quantitative estimate of drug-likeness (QED) is 0.482. The molecule has 0 atom stereocenters. The topological polar surface area (TPSA) is 39.9 Å². The monoisotopic (exact) mass is 359 g/mol. The highest BCUT2D eigenvalue weighted by Gasteiger charge is 2.10. The molecule has 4 aromatic rings. The summed E-state index contributed by atoms with van der Waals surface area (Å²) in [6.07, 6.45) is 5.93. The highest BCUT2D eigenvalue weighted by atomic mass is 32.1. The Morgan fingerprint density at radius 2 is 1.73 bits per heavy atom. The van der Waals surface area contributed by atoms with Gasteiger partial charge in [-0.25, -0.2) is 9.67 Å². The van der Waals surface area contributed by atoms with Crippen molar-refractivity contribution in [3.63, 3.8) is 0 Å². The Hall–Kier alpha value is -3.18. The van der Waals surface area contributed by atoms with E-state index in [1.54, 1.807) is 11.3 Å². The number of hydrogen-bond acceptors (Lipinski definition) is 4. The number of nitrogens with zero attached hydrogens (tertiary/aromatic N) is 3. The fourth-order valence-corrected chi connectivity index (χ4v) is 3.04. The third-order valence-electron chi connectivity index (χ3n) is 3.83. The molecule has 0 radical (unpaired) electrons. The molecular weight excluding hydrogens is 342 g/mol. The van der Waals surface area contributed by atoms with Crippen molar-refractivity contribution >= 4 is 23.5 Å². The lowest BCUT2D eigenvalue weighted by molar-refractivity contribution is 0.291. The summed E-state index contributed by atoms with van der Waals surface area (Å²) in [4.78, 5) is 4.28. The van der Waals surface area contributed by atoms with E-state index in [1.807, 2.05) is 94.6 Å². The number of rotatable bonds is 6. The summed E-state index contributed by atoms with van der Waals surface area (Å²) >= 11 is 1.57. The molecule has 2 aromatic heterocycles. The highest BCUT2D eigenvalue weighted by molar-refractivity contribution is 7.07. The lowest BCUT2D eigenvalue weighted by Crippen LogP contribution is -1.98. The van der Waals surface area contributed by atoms with Gasteiger partial charge < -0.3 is 4.74 Å². The van der Waals surface area contributed by atoms with Crippen LogP contribution in [0.4, 0.5) is 0 Å². The number of hydrogen-bond donors (Lipinski definition) is 0. The molecule has 4 nitrogen and oxygen atoms in total. The van der Waals surface area contributed by atoms with Crippen molar-refractivity contribution in [2.45, 2.75) is 6.61 Å². The van der Waals surface area contributed by atoms with E-state index in [9.17, 15) is 0 Å². The van der Waals surface area contributed by atoms with E-state index < -0.39 is 0 Å². The van der Waals surface area contributed by atoms with Gasteiger partial charge in [0.25, 0.3) is 0 Å². The van der Waals surface area contributed by atoms with Crippen LogP contribution < -0.4 is 4.74 Å². The number of ether oxygens (including phenoxy) is 1. The standard InChI is InChI=1S/C21H17N3OS/c1-3-7-17(8-4-1)14-25-21-18(11-12-19-15-26-16-22-19)13-24(23-21)20-9-5-2-6-10-20/h1-13,15-16H,14H2/b12-11-. The lowest BCUT2D eigenvalue weighted by Gasteiger charge is -2.04. The van der Waals surface area contributed by atoms with E-state index >= 15 is 0 Å². The summed E-state index contributed by atoms with van der Waals surface area (Å²) < 4.78 is 7.83. The summed E-state index contributed by atoms with van der Waals surface area (Å²) in [5, 5.41) is 6.62. The second-order valence-corrected chi connectivity index (χ2v) is 6.41. The zero-order valence-corrected chi connectivity index (χ0v) is 14.8. The largest absolute Gasteiger partial charge is 0.471 e. The van der Waals surface area contributed by atoms with Crippen LogP contribution in [0.1, 0.15) is 16.8 Å². The first-order valence-electron chi connectivity index (χ1n) is 8.26. The molecule has 0 aliphatic rings. The predicted molar refractivity (Wildman–Crippen MR) is 105 cm³/mol. The maximum atomic E-state index is 5.99. The molecule has 128 valence electrons. The Morgan fingerprint density at radius 3 is 2.46 bits per heavy atom. The highest BCUT2D eigenvalue weighted by Crippen LogP contribution is 2.22. The third-order valence-corrected chi connectivity index (χ3v) is 4.44. The zero-order chi connectivity index (χ0) is 17.6. The van der Waals surface area contributed by atoms with Crippen LogP contribution in [0.5, 0.6) is 5.88 Å². The van der Waals surface area contributed by atoms with Gasteiger partial charge in [0, 0.05) is 11.6 Å². The van der Waals surface area contributed by atoms with Crippen LogP contribution in [0, 0.1) is 0 Å². The number of benzene rings is 2. The molecule has 2 aromatic carbocycles. The minimum Gasteiger partial charge on any atom is -0.471 e. The molecule has 0 aliphatic carbocycles. The molecule has 0 saturated heterocycles. The molecule has 0 fully saturated rings. The molecule has 26 heavy (non-hydrogen) atoms. The van der Waals surface area contributed by atoms with Gasteiger partial charge in [-0.15, -0.1) is 16.4 Å². The van der Waals surface area contributed by atoms with Crippen molar-refractivity contribution in [3.8, 4) is 11.6 Å². The van der Waals surface area contributed by atoms with Crippen LogP contribution >= 0.6 is 11.3 Å². The van der Waals surface area contributed by atoms with Crippen molar-refractivity contribution < 1.29 is 4.74 Å². The first kappa shape index (κ1) is 16.3. The summed E-state index contributed by atoms with van der Waals surface area (Å²) in [7, 11) is 0. The van der Waals surface area contributed by atoms with Crippen molar-refractivity contribution in [1.29, 1.82) is 0 Å². The SMILES string of the molecule is C(=C/c1cn(-c2ccccc2)nc1OCc1ccccc1)/c1cscn1. The van der Waals surface area contributed by atoms with Gasteiger partial charge >= 0.3 is 0 Å². The van der Waals surface area contributed by atoms with Gasteiger partial charge in [-0.05, 0) is 29.8 Å². The summed E-state index contributed by atoms with van der Waals surface area (Å²) in [6.45, 7) is 0.476. The first-order valence-corrected chi connectivity index (χ1v) is 9.21. The second kappa shape index (κ2) is 7.80. The van der Waals surface area contributed by atoms with Gasteiger partial charge in [0.1, 0.15) is 6.61 Å². The van der Waals surface area contributed by atoms with Gasteiger partial charge in [-0.1, -0.05) is 48.5 Å². The van der Waals surface area contributed by atoms with Crippen LogP contribution in [-0.4, -0.2) is 14.8 Å². The van der Waals surface area contributed by atoms with Crippen molar-refractivity contribution in [2.24, 2.45) is 0 Å². The normalized spacial score (nSPS) is 11.1. The van der Waals surface area contributed by atoms with Gasteiger partial charge in [0.2, 0.25) is 5.88 Å². The Kier molecular flexibility index (Phi) is 4.89. The maximum absolute atomic E-state index is 5.99. The lowest BCUT2D eigenvalue weighted by atomic mass is 10.2. The van der Waals surface area contributed by atoms with Crippen LogP contribution in [0.15, 0.2) is 77.8 Å². The molecule has 0 saturated carbocycles. The number of thiazole rings is 1. The predicted octanol–water partition coefficient (Wildman–Crippen LogP) is 5.08. The molecule has 0 spiro atoms. The van der Waals surface area contributed by atoms with Crippen LogP contribution in [0.2, 0.25) is 0 Å². The molecule has 0 aliphatic heterocycles. The van der Waals surface area contributed by atoms with Crippen molar-refractivity contribution in [3.05, 3.63) is 94.6 Å². The molecule has 5 heteroatoms. The molecule has 0 unspecified atom stereocenters. The third kappa shape index (κ3) is 3.90. The minimum atomic E-state index is 0.476.